The highest BCUT2D eigenvalue weighted by molar-refractivity contribution is 9.10. The number of hydrogen-bond donors (Lipinski definition) is 1. The number of hydrogen-bond acceptors (Lipinski definition) is 5. The molecule has 0 spiro atoms. The summed E-state index contributed by atoms with van der Waals surface area (Å²) in [5.74, 6) is 1.93. The summed E-state index contributed by atoms with van der Waals surface area (Å²) in [5.41, 5.74) is 1.54. The number of aromatic nitrogens is 1. The van der Waals surface area contributed by atoms with Crippen LogP contribution in [0.3, 0.4) is 0 Å². The van der Waals surface area contributed by atoms with Crippen LogP contribution in [0.4, 0.5) is 5.82 Å². The van der Waals surface area contributed by atoms with E-state index in [9.17, 15) is 4.79 Å². The number of methoxy groups -OCH3 is 1. The molecule has 1 aliphatic rings. The molecular formula is C20H24BrN3O3. The number of carbonyl (C=O) groups is 1. The molecule has 6 nitrogen and oxygen atoms in total. The Bertz CT molecular complexity index is 807. The maximum absolute atomic E-state index is 12.6. The van der Waals surface area contributed by atoms with Crippen molar-refractivity contribution in [3.05, 3.63) is 46.1 Å². The Morgan fingerprint density at radius 2 is 2.07 bits per heavy atom. The lowest BCUT2D eigenvalue weighted by Crippen LogP contribution is -2.24. The van der Waals surface area contributed by atoms with Crippen molar-refractivity contribution in [2.45, 2.75) is 26.3 Å². The number of ether oxygens (including phenoxy) is 2. The molecule has 0 radical (unpaired) electrons. The number of nitrogens with zero attached hydrogens (tertiary/aromatic N) is 2. The Morgan fingerprint density at radius 1 is 1.30 bits per heavy atom. The Labute approximate surface area is 168 Å². The zero-order valence-corrected chi connectivity index (χ0v) is 17.2. The summed E-state index contributed by atoms with van der Waals surface area (Å²) in [5, 5.41) is 2.96. The first-order valence-electron chi connectivity index (χ1n) is 9.10. The first-order valence-corrected chi connectivity index (χ1v) is 9.90. The summed E-state index contributed by atoms with van der Waals surface area (Å²) in [4.78, 5) is 19.3. The molecule has 0 bridgehead atoms. The zero-order chi connectivity index (χ0) is 19.2. The first kappa shape index (κ1) is 19.5. The van der Waals surface area contributed by atoms with Gasteiger partial charge in [0.1, 0.15) is 5.82 Å². The van der Waals surface area contributed by atoms with Gasteiger partial charge >= 0.3 is 0 Å². The van der Waals surface area contributed by atoms with Crippen LogP contribution in [-0.2, 0) is 6.54 Å². The Kier molecular flexibility index (Phi) is 6.55. The highest BCUT2D eigenvalue weighted by Gasteiger charge is 2.16. The summed E-state index contributed by atoms with van der Waals surface area (Å²) < 4.78 is 11.6. The van der Waals surface area contributed by atoms with Crippen LogP contribution >= 0.6 is 15.9 Å². The number of nitrogens with one attached hydrogen (secondary N) is 1. The van der Waals surface area contributed by atoms with Crippen molar-refractivity contribution in [2.75, 3.05) is 31.7 Å². The largest absolute Gasteiger partial charge is 0.493 e. The van der Waals surface area contributed by atoms with Crippen LogP contribution in [0, 0.1) is 0 Å². The van der Waals surface area contributed by atoms with Gasteiger partial charge in [0.25, 0.3) is 5.91 Å². The molecule has 27 heavy (non-hydrogen) atoms. The van der Waals surface area contributed by atoms with Crippen LogP contribution in [0.5, 0.6) is 11.5 Å². The monoisotopic (exact) mass is 433 g/mol. The van der Waals surface area contributed by atoms with Crippen molar-refractivity contribution in [3.63, 3.8) is 0 Å². The molecule has 0 unspecified atom stereocenters. The molecule has 2 heterocycles. The van der Waals surface area contributed by atoms with Gasteiger partial charge in [0.05, 0.1) is 18.2 Å². The summed E-state index contributed by atoms with van der Waals surface area (Å²) in [6.07, 6.45) is 4.21. The van der Waals surface area contributed by atoms with Crippen molar-refractivity contribution in [2.24, 2.45) is 0 Å². The third-order valence-electron chi connectivity index (χ3n) is 4.47. The topological polar surface area (TPSA) is 63.7 Å². The van der Waals surface area contributed by atoms with Gasteiger partial charge < -0.3 is 19.7 Å². The van der Waals surface area contributed by atoms with Crippen LogP contribution in [0.1, 0.15) is 35.7 Å². The van der Waals surface area contributed by atoms with E-state index in [1.807, 2.05) is 19.1 Å². The Morgan fingerprint density at radius 3 is 2.78 bits per heavy atom. The number of carbonyl (C=O) groups excluding carboxylic acids is 1. The molecule has 0 saturated carbocycles. The SMILES string of the molecule is CCOc1c(Br)cc(C(=O)NCc2ccnc(N3CCCC3)c2)cc1OC. The lowest BCUT2D eigenvalue weighted by atomic mass is 10.1. The maximum Gasteiger partial charge on any atom is 0.251 e. The first-order chi connectivity index (χ1) is 13.1. The molecule has 144 valence electrons. The fourth-order valence-electron chi connectivity index (χ4n) is 3.11. The molecule has 1 saturated heterocycles. The number of benzene rings is 1. The van der Waals surface area contributed by atoms with Gasteiger partial charge in [-0.2, -0.15) is 0 Å². The highest BCUT2D eigenvalue weighted by Crippen LogP contribution is 2.36. The van der Waals surface area contributed by atoms with E-state index in [4.69, 9.17) is 9.47 Å². The second kappa shape index (κ2) is 9.08. The molecule has 3 rings (SSSR count). The standard InChI is InChI=1S/C20H24BrN3O3/c1-3-27-19-16(21)11-15(12-17(19)26-2)20(25)23-13-14-6-7-22-18(10-14)24-8-4-5-9-24/h6-7,10-12H,3-5,8-9,13H2,1-2H3,(H,23,25). The smallest absolute Gasteiger partial charge is 0.251 e. The lowest BCUT2D eigenvalue weighted by molar-refractivity contribution is 0.0950. The zero-order valence-electron chi connectivity index (χ0n) is 15.6. The van der Waals surface area contributed by atoms with Crippen LogP contribution in [-0.4, -0.2) is 37.7 Å². The van der Waals surface area contributed by atoms with Crippen LogP contribution in [0.2, 0.25) is 0 Å². The van der Waals surface area contributed by atoms with Gasteiger partial charge in [-0.15, -0.1) is 0 Å². The van der Waals surface area contributed by atoms with Gasteiger partial charge in [0.15, 0.2) is 11.5 Å². The quantitative estimate of drug-likeness (QED) is 0.719. The molecule has 1 fully saturated rings. The summed E-state index contributed by atoms with van der Waals surface area (Å²) >= 11 is 3.45. The minimum atomic E-state index is -0.170. The van der Waals surface area contributed by atoms with Gasteiger partial charge in [0.2, 0.25) is 0 Å². The molecule has 2 aromatic rings. The Balaban J connectivity index is 1.69. The van der Waals surface area contributed by atoms with Gasteiger partial charge in [-0.1, -0.05) is 0 Å². The molecule has 7 heteroatoms. The normalized spacial score (nSPS) is 13.5. The van der Waals surface area contributed by atoms with E-state index < -0.39 is 0 Å². The van der Waals surface area contributed by atoms with Crippen LogP contribution < -0.4 is 19.7 Å². The summed E-state index contributed by atoms with van der Waals surface area (Å²) in [6.45, 7) is 4.94. The van der Waals surface area contributed by atoms with Crippen LogP contribution in [0.15, 0.2) is 34.9 Å². The fraction of sp³-hybridized carbons (Fsp3) is 0.400. The number of amides is 1. The number of halogens is 1. The number of anilines is 1. The summed E-state index contributed by atoms with van der Waals surface area (Å²) in [6, 6.07) is 7.40. The van der Waals surface area contributed by atoms with E-state index in [-0.39, 0.29) is 5.91 Å². The van der Waals surface area contributed by atoms with Crippen molar-refractivity contribution in [1.29, 1.82) is 0 Å². The van der Waals surface area contributed by atoms with E-state index in [0.29, 0.717) is 34.7 Å². The molecule has 1 N–H and O–H groups in total. The molecule has 1 amide bonds. The van der Waals surface area contributed by atoms with Gasteiger partial charge in [-0.25, -0.2) is 4.98 Å². The van der Waals surface area contributed by atoms with Gasteiger partial charge in [-0.3, -0.25) is 4.79 Å². The second-order valence-corrected chi connectivity index (χ2v) is 7.18. The fourth-order valence-corrected chi connectivity index (χ4v) is 3.67. The van der Waals surface area contributed by atoms with Crippen molar-refractivity contribution < 1.29 is 14.3 Å². The van der Waals surface area contributed by atoms with E-state index in [1.165, 1.54) is 12.8 Å². The average Bonchev–Trinajstić information content (AvgIpc) is 3.22. The third-order valence-corrected chi connectivity index (χ3v) is 5.06. The molecule has 1 aromatic carbocycles. The van der Waals surface area contributed by atoms with Crippen molar-refractivity contribution in [3.8, 4) is 11.5 Å². The third kappa shape index (κ3) is 4.71. The predicted molar refractivity (Wildman–Crippen MR) is 109 cm³/mol. The lowest BCUT2D eigenvalue weighted by Gasteiger charge is -2.17. The molecular weight excluding hydrogens is 410 g/mol. The predicted octanol–water partition coefficient (Wildman–Crippen LogP) is 3.78. The van der Waals surface area contributed by atoms with E-state index in [2.05, 4.69) is 31.1 Å². The minimum Gasteiger partial charge on any atom is -0.493 e. The second-order valence-electron chi connectivity index (χ2n) is 6.32. The van der Waals surface area contributed by atoms with E-state index in [0.717, 1.165) is 24.5 Å². The van der Waals surface area contributed by atoms with Gasteiger partial charge in [0, 0.05) is 31.4 Å². The molecule has 0 aliphatic carbocycles. The van der Waals surface area contributed by atoms with Crippen molar-refractivity contribution >= 4 is 27.7 Å². The average molecular weight is 434 g/mol. The minimum absolute atomic E-state index is 0.170. The van der Waals surface area contributed by atoms with Crippen LogP contribution in [0.25, 0.3) is 0 Å². The van der Waals surface area contributed by atoms with Gasteiger partial charge in [-0.05, 0) is 65.5 Å². The maximum atomic E-state index is 12.6. The summed E-state index contributed by atoms with van der Waals surface area (Å²) in [7, 11) is 1.56. The number of pyridine rings is 1. The molecule has 1 aromatic heterocycles. The Hall–Kier alpha value is -2.28. The number of rotatable bonds is 7. The molecule has 0 atom stereocenters. The van der Waals surface area contributed by atoms with Crippen molar-refractivity contribution in [1.82, 2.24) is 10.3 Å². The van der Waals surface area contributed by atoms with E-state index >= 15 is 0 Å². The van der Waals surface area contributed by atoms with E-state index in [1.54, 1.807) is 25.4 Å². The molecule has 1 aliphatic heterocycles. The highest BCUT2D eigenvalue weighted by atomic mass is 79.9.